The Morgan fingerprint density at radius 2 is 2.00 bits per heavy atom. The molecule has 0 spiro atoms. The van der Waals surface area contributed by atoms with Gasteiger partial charge in [0.25, 0.3) is 0 Å². The number of carbonyl (C=O) groups is 1. The molecule has 0 atom stereocenters. The predicted molar refractivity (Wildman–Crippen MR) is 72.5 cm³/mol. The number of aromatic amines is 1. The lowest BCUT2D eigenvalue weighted by atomic mass is 10.1. The molecule has 0 unspecified atom stereocenters. The van der Waals surface area contributed by atoms with Gasteiger partial charge in [0.05, 0.1) is 5.69 Å². The summed E-state index contributed by atoms with van der Waals surface area (Å²) in [4.78, 5) is 13.2. The summed E-state index contributed by atoms with van der Waals surface area (Å²) in [6.07, 6.45) is -4.44. The summed E-state index contributed by atoms with van der Waals surface area (Å²) >= 11 is 0. The first-order valence-corrected chi connectivity index (χ1v) is 6.23. The van der Waals surface area contributed by atoms with Crippen LogP contribution in [0.15, 0.2) is 30.3 Å². The van der Waals surface area contributed by atoms with E-state index in [0.29, 0.717) is 22.2 Å². The van der Waals surface area contributed by atoms with Crippen molar-refractivity contribution in [3.63, 3.8) is 0 Å². The minimum atomic E-state index is -4.44. The number of aryl methyl sites for hydroxylation is 1. The van der Waals surface area contributed by atoms with E-state index in [1.54, 1.807) is 19.2 Å². The summed E-state index contributed by atoms with van der Waals surface area (Å²) in [5, 5.41) is 13.2. The smallest absolute Gasteiger partial charge is 0.431 e. The van der Waals surface area contributed by atoms with Gasteiger partial charge in [-0.15, -0.1) is 0 Å². The number of aromatic nitrogens is 3. The Kier molecular flexibility index (Phi) is 2.98. The van der Waals surface area contributed by atoms with Gasteiger partial charge < -0.3 is 10.1 Å². The normalized spacial score (nSPS) is 12.0. The Bertz CT molecular complexity index is 877. The first kappa shape index (κ1) is 14.2. The predicted octanol–water partition coefficient (Wildman–Crippen LogP) is 3.29. The van der Waals surface area contributed by atoms with Gasteiger partial charge in [-0.25, -0.2) is 4.79 Å². The van der Waals surface area contributed by atoms with Crippen LogP contribution in [-0.2, 0) is 13.2 Å². The molecule has 1 aromatic carbocycles. The van der Waals surface area contributed by atoms with E-state index in [1.807, 2.05) is 0 Å². The molecule has 0 radical (unpaired) electrons. The van der Waals surface area contributed by atoms with Gasteiger partial charge in [0, 0.05) is 23.5 Å². The summed E-state index contributed by atoms with van der Waals surface area (Å²) in [6, 6.07) is 7.09. The van der Waals surface area contributed by atoms with Crippen LogP contribution in [0.4, 0.5) is 13.2 Å². The zero-order valence-corrected chi connectivity index (χ0v) is 11.3. The first-order valence-electron chi connectivity index (χ1n) is 6.23. The molecule has 0 amide bonds. The Hall–Kier alpha value is -2.77. The minimum absolute atomic E-state index is 0.123. The van der Waals surface area contributed by atoms with E-state index in [-0.39, 0.29) is 5.69 Å². The number of alkyl halides is 3. The van der Waals surface area contributed by atoms with Crippen molar-refractivity contribution >= 4 is 16.9 Å². The molecule has 2 N–H and O–H groups in total. The average Bonchev–Trinajstić information content (AvgIpc) is 3.00. The number of H-pyrrole nitrogens is 1. The van der Waals surface area contributed by atoms with Crippen LogP contribution in [0.1, 0.15) is 16.2 Å². The van der Waals surface area contributed by atoms with Gasteiger partial charge in [0.15, 0.2) is 5.69 Å². The van der Waals surface area contributed by atoms with Crippen molar-refractivity contribution in [2.75, 3.05) is 0 Å². The number of carboxylic acid groups (broad SMARTS) is 1. The number of hydrogen-bond acceptors (Lipinski definition) is 2. The molecule has 3 aromatic rings. The molecule has 2 aromatic heterocycles. The Balaban J connectivity index is 2.10. The number of carboxylic acids is 1. The lowest BCUT2D eigenvalue weighted by Crippen LogP contribution is -2.04. The van der Waals surface area contributed by atoms with E-state index in [0.717, 1.165) is 6.07 Å². The maximum atomic E-state index is 12.7. The fourth-order valence-electron chi connectivity index (χ4n) is 2.29. The van der Waals surface area contributed by atoms with E-state index in [1.165, 1.54) is 16.8 Å². The van der Waals surface area contributed by atoms with E-state index in [4.69, 9.17) is 5.11 Å². The van der Waals surface area contributed by atoms with E-state index < -0.39 is 17.8 Å². The molecule has 3 rings (SSSR count). The molecule has 0 aliphatic carbocycles. The quantitative estimate of drug-likeness (QED) is 0.763. The van der Waals surface area contributed by atoms with Crippen molar-refractivity contribution in [2.24, 2.45) is 7.05 Å². The number of fused-ring (bicyclic) bond motifs is 1. The molecule has 0 bridgehead atoms. The third-order valence-corrected chi connectivity index (χ3v) is 3.32. The number of benzene rings is 1. The monoisotopic (exact) mass is 309 g/mol. The zero-order chi connectivity index (χ0) is 16.1. The highest BCUT2D eigenvalue weighted by Crippen LogP contribution is 2.32. The SMILES string of the molecule is Cn1nc(C(=O)O)cc1-c1ccc2[nH]c(C(F)(F)F)cc2c1. The Labute approximate surface area is 122 Å². The molecule has 114 valence electrons. The molecule has 2 heterocycles. The van der Waals surface area contributed by atoms with Crippen LogP contribution in [0.25, 0.3) is 22.2 Å². The van der Waals surface area contributed by atoms with E-state index >= 15 is 0 Å². The van der Waals surface area contributed by atoms with Gasteiger partial charge in [0.2, 0.25) is 0 Å². The topological polar surface area (TPSA) is 70.9 Å². The second-order valence-electron chi connectivity index (χ2n) is 4.83. The lowest BCUT2D eigenvalue weighted by Gasteiger charge is -2.01. The van der Waals surface area contributed by atoms with Crippen molar-refractivity contribution in [3.8, 4) is 11.3 Å². The average molecular weight is 309 g/mol. The van der Waals surface area contributed by atoms with Crippen molar-refractivity contribution < 1.29 is 23.1 Å². The van der Waals surface area contributed by atoms with Crippen molar-refractivity contribution in [1.29, 1.82) is 0 Å². The molecule has 5 nitrogen and oxygen atoms in total. The number of nitrogens with one attached hydrogen (secondary N) is 1. The molecular weight excluding hydrogens is 299 g/mol. The molecule has 22 heavy (non-hydrogen) atoms. The fourth-order valence-corrected chi connectivity index (χ4v) is 2.29. The molecule has 8 heteroatoms. The van der Waals surface area contributed by atoms with Crippen LogP contribution in [0.3, 0.4) is 0 Å². The summed E-state index contributed by atoms with van der Waals surface area (Å²) in [6.45, 7) is 0. The maximum Gasteiger partial charge on any atom is 0.431 e. The maximum absolute atomic E-state index is 12.7. The zero-order valence-electron chi connectivity index (χ0n) is 11.3. The first-order chi connectivity index (χ1) is 10.3. The Morgan fingerprint density at radius 1 is 1.27 bits per heavy atom. The molecule has 0 saturated heterocycles. The van der Waals surface area contributed by atoms with Crippen molar-refractivity contribution in [1.82, 2.24) is 14.8 Å². The minimum Gasteiger partial charge on any atom is -0.476 e. The number of nitrogens with zero attached hydrogens (tertiary/aromatic N) is 2. The summed E-state index contributed by atoms with van der Waals surface area (Å²) in [5.41, 5.74) is 0.506. The highest BCUT2D eigenvalue weighted by molar-refractivity contribution is 5.89. The summed E-state index contributed by atoms with van der Waals surface area (Å²) in [5.74, 6) is -1.16. The van der Waals surface area contributed by atoms with E-state index in [2.05, 4.69) is 10.1 Å². The highest BCUT2D eigenvalue weighted by Gasteiger charge is 2.32. The van der Waals surface area contributed by atoms with Crippen LogP contribution in [0, 0.1) is 0 Å². The number of rotatable bonds is 2. The molecule has 0 fully saturated rings. The van der Waals surface area contributed by atoms with E-state index in [9.17, 15) is 18.0 Å². The van der Waals surface area contributed by atoms with Gasteiger partial charge >= 0.3 is 12.1 Å². The summed E-state index contributed by atoms with van der Waals surface area (Å²) < 4.78 is 39.5. The Morgan fingerprint density at radius 3 is 2.59 bits per heavy atom. The molecule has 0 aliphatic heterocycles. The van der Waals surface area contributed by atoms with Gasteiger partial charge in [-0.2, -0.15) is 18.3 Å². The second-order valence-corrected chi connectivity index (χ2v) is 4.83. The third-order valence-electron chi connectivity index (χ3n) is 3.32. The van der Waals surface area contributed by atoms with Gasteiger partial charge in [0.1, 0.15) is 5.69 Å². The fraction of sp³-hybridized carbons (Fsp3) is 0.143. The standard InChI is InChI=1S/C14H10F3N3O2/c1-20-11(6-10(19-20)13(21)22)7-2-3-9-8(4-7)5-12(18-9)14(15,16)17/h2-6,18H,1H3,(H,21,22). The molecular formula is C14H10F3N3O2. The van der Waals surface area contributed by atoms with Crippen LogP contribution in [0.2, 0.25) is 0 Å². The molecule has 0 aliphatic rings. The highest BCUT2D eigenvalue weighted by atomic mass is 19.4. The van der Waals surface area contributed by atoms with Crippen LogP contribution in [0.5, 0.6) is 0 Å². The second kappa shape index (κ2) is 4.62. The number of halogens is 3. The van der Waals surface area contributed by atoms with Crippen LogP contribution < -0.4 is 0 Å². The number of hydrogen-bond donors (Lipinski definition) is 2. The third kappa shape index (κ3) is 2.32. The van der Waals surface area contributed by atoms with Gasteiger partial charge in [-0.3, -0.25) is 4.68 Å². The van der Waals surface area contributed by atoms with Crippen LogP contribution >= 0.6 is 0 Å². The summed E-state index contributed by atoms with van der Waals surface area (Å²) in [7, 11) is 1.57. The van der Waals surface area contributed by atoms with Crippen LogP contribution in [-0.4, -0.2) is 25.8 Å². The largest absolute Gasteiger partial charge is 0.476 e. The molecule has 0 saturated carbocycles. The van der Waals surface area contributed by atoms with Crippen molar-refractivity contribution in [2.45, 2.75) is 6.18 Å². The van der Waals surface area contributed by atoms with Gasteiger partial charge in [-0.05, 0) is 24.3 Å². The lowest BCUT2D eigenvalue weighted by molar-refractivity contribution is -0.140. The van der Waals surface area contributed by atoms with Gasteiger partial charge in [-0.1, -0.05) is 6.07 Å². The number of aromatic carboxylic acids is 1. The van der Waals surface area contributed by atoms with Crippen molar-refractivity contribution in [3.05, 3.63) is 41.7 Å².